The lowest BCUT2D eigenvalue weighted by Gasteiger charge is -1.93. The van der Waals surface area contributed by atoms with Crippen LogP contribution in [0, 0.1) is 0 Å². The second-order valence-corrected chi connectivity index (χ2v) is 2.89. The fourth-order valence-corrected chi connectivity index (χ4v) is 1.43. The number of aromatic amines is 1. The molecule has 5 heteroatoms. The summed E-state index contributed by atoms with van der Waals surface area (Å²) in [6, 6.07) is 3.59. The third-order valence-corrected chi connectivity index (χ3v) is 2.02. The van der Waals surface area contributed by atoms with Crippen molar-refractivity contribution in [3.8, 4) is 0 Å². The highest BCUT2D eigenvalue weighted by atomic mass is 16.4. The van der Waals surface area contributed by atoms with Crippen LogP contribution in [0.25, 0.3) is 22.1 Å². The van der Waals surface area contributed by atoms with Crippen molar-refractivity contribution in [2.75, 3.05) is 0 Å². The van der Waals surface area contributed by atoms with Crippen LogP contribution < -0.4 is 5.76 Å². The van der Waals surface area contributed by atoms with Crippen molar-refractivity contribution in [2.24, 2.45) is 0 Å². The Kier molecular flexibility index (Phi) is 1.25. The zero-order valence-corrected chi connectivity index (χ0v) is 7.02. The third-order valence-electron chi connectivity index (χ3n) is 2.02. The Bertz CT molecular complexity index is 668. The van der Waals surface area contributed by atoms with Gasteiger partial charge in [-0.05, 0) is 12.1 Å². The molecule has 3 aromatic rings. The molecule has 5 nitrogen and oxygen atoms in total. The summed E-state index contributed by atoms with van der Waals surface area (Å²) in [5, 5.41) is 0.739. The summed E-state index contributed by atoms with van der Waals surface area (Å²) in [5.74, 6) is -0.474. The minimum absolute atomic E-state index is 0.474. The minimum atomic E-state index is -0.474. The molecule has 0 aliphatic rings. The largest absolute Gasteiger partial charge is 0.417 e. The molecular formula is C9H5N3O2. The first-order chi connectivity index (χ1) is 6.84. The SMILES string of the molecule is O=c1[nH]c2cnc3ncccc3c2o1. The molecule has 3 heterocycles. The number of hydrogen-bond acceptors (Lipinski definition) is 4. The van der Waals surface area contributed by atoms with E-state index in [1.165, 1.54) is 6.20 Å². The van der Waals surface area contributed by atoms with Gasteiger partial charge in [-0.3, -0.25) is 4.98 Å². The normalized spacial score (nSPS) is 11.1. The van der Waals surface area contributed by atoms with E-state index in [0.717, 1.165) is 5.39 Å². The van der Waals surface area contributed by atoms with Gasteiger partial charge in [-0.1, -0.05) is 0 Å². The van der Waals surface area contributed by atoms with E-state index in [0.29, 0.717) is 16.7 Å². The Balaban J connectivity index is 2.66. The van der Waals surface area contributed by atoms with E-state index in [-0.39, 0.29) is 0 Å². The number of rotatable bonds is 0. The minimum Gasteiger partial charge on any atom is -0.407 e. The van der Waals surface area contributed by atoms with E-state index in [4.69, 9.17) is 4.42 Å². The van der Waals surface area contributed by atoms with E-state index < -0.39 is 5.76 Å². The standard InChI is InChI=1S/C9H5N3O2/c13-9-12-6-4-11-8-5(7(6)14-9)2-1-3-10-8/h1-4H,(H,12,13). The van der Waals surface area contributed by atoms with Crippen molar-refractivity contribution in [3.05, 3.63) is 35.1 Å². The Morgan fingerprint density at radius 2 is 2.29 bits per heavy atom. The zero-order valence-electron chi connectivity index (χ0n) is 7.02. The van der Waals surface area contributed by atoms with Gasteiger partial charge in [0.15, 0.2) is 11.2 Å². The molecule has 0 unspecified atom stereocenters. The van der Waals surface area contributed by atoms with Crippen molar-refractivity contribution in [1.82, 2.24) is 15.0 Å². The number of H-pyrrole nitrogens is 1. The molecule has 0 bridgehead atoms. The van der Waals surface area contributed by atoms with E-state index in [2.05, 4.69) is 15.0 Å². The second-order valence-electron chi connectivity index (χ2n) is 2.89. The van der Waals surface area contributed by atoms with Gasteiger partial charge in [-0.2, -0.15) is 0 Å². The maximum absolute atomic E-state index is 11.0. The van der Waals surface area contributed by atoms with Crippen LogP contribution in [0.4, 0.5) is 0 Å². The third kappa shape index (κ3) is 0.861. The summed E-state index contributed by atoms with van der Waals surface area (Å²) in [6.45, 7) is 0. The lowest BCUT2D eigenvalue weighted by Crippen LogP contribution is -1.92. The van der Waals surface area contributed by atoms with Crippen molar-refractivity contribution in [2.45, 2.75) is 0 Å². The van der Waals surface area contributed by atoms with Gasteiger partial charge < -0.3 is 4.42 Å². The van der Waals surface area contributed by atoms with E-state index in [9.17, 15) is 4.79 Å². The van der Waals surface area contributed by atoms with Crippen molar-refractivity contribution in [3.63, 3.8) is 0 Å². The molecule has 0 fully saturated rings. The second kappa shape index (κ2) is 2.41. The molecule has 68 valence electrons. The zero-order chi connectivity index (χ0) is 9.54. The summed E-state index contributed by atoms with van der Waals surface area (Å²) >= 11 is 0. The summed E-state index contributed by atoms with van der Waals surface area (Å²) < 4.78 is 4.99. The number of nitrogens with one attached hydrogen (secondary N) is 1. The fourth-order valence-electron chi connectivity index (χ4n) is 1.43. The van der Waals surface area contributed by atoms with Crippen LogP contribution in [0.5, 0.6) is 0 Å². The smallest absolute Gasteiger partial charge is 0.407 e. The maximum atomic E-state index is 11.0. The predicted octanol–water partition coefficient (Wildman–Crippen LogP) is 1.06. The topological polar surface area (TPSA) is 71.8 Å². The molecule has 3 rings (SSSR count). The van der Waals surface area contributed by atoms with Crippen LogP contribution in [-0.4, -0.2) is 15.0 Å². The van der Waals surface area contributed by atoms with E-state index in [1.54, 1.807) is 12.3 Å². The first-order valence-electron chi connectivity index (χ1n) is 4.07. The monoisotopic (exact) mass is 187 g/mol. The molecule has 0 radical (unpaired) electrons. The number of pyridine rings is 2. The van der Waals surface area contributed by atoms with Gasteiger partial charge >= 0.3 is 5.76 Å². The summed E-state index contributed by atoms with van der Waals surface area (Å²) in [7, 11) is 0. The molecule has 14 heavy (non-hydrogen) atoms. The average molecular weight is 187 g/mol. The number of hydrogen-bond donors (Lipinski definition) is 1. The van der Waals surface area contributed by atoms with E-state index in [1.807, 2.05) is 6.07 Å². The molecule has 0 spiro atoms. The van der Waals surface area contributed by atoms with Crippen molar-refractivity contribution in [1.29, 1.82) is 0 Å². The van der Waals surface area contributed by atoms with Crippen LogP contribution in [0.15, 0.2) is 33.7 Å². The van der Waals surface area contributed by atoms with Crippen LogP contribution in [0.1, 0.15) is 0 Å². The molecule has 0 aliphatic carbocycles. The number of fused-ring (bicyclic) bond motifs is 3. The molecule has 0 saturated heterocycles. The lowest BCUT2D eigenvalue weighted by atomic mass is 10.3. The molecule has 1 N–H and O–H groups in total. The Hall–Kier alpha value is -2.17. The highest BCUT2D eigenvalue weighted by Crippen LogP contribution is 2.18. The van der Waals surface area contributed by atoms with Crippen molar-refractivity contribution >= 4 is 22.1 Å². The number of aromatic nitrogens is 3. The first kappa shape index (κ1) is 7.25. The molecule has 0 aliphatic heterocycles. The quantitative estimate of drug-likeness (QED) is 0.571. The highest BCUT2D eigenvalue weighted by Gasteiger charge is 2.06. The maximum Gasteiger partial charge on any atom is 0.417 e. The van der Waals surface area contributed by atoms with Gasteiger partial charge in [-0.25, -0.2) is 14.8 Å². The predicted molar refractivity (Wildman–Crippen MR) is 49.9 cm³/mol. The van der Waals surface area contributed by atoms with Crippen LogP contribution in [0.3, 0.4) is 0 Å². The molecule has 0 amide bonds. The fraction of sp³-hybridized carbons (Fsp3) is 0. The summed E-state index contributed by atoms with van der Waals surface area (Å²) in [6.07, 6.45) is 3.18. The van der Waals surface area contributed by atoms with Gasteiger partial charge in [0, 0.05) is 6.20 Å². The van der Waals surface area contributed by atoms with Crippen LogP contribution in [0.2, 0.25) is 0 Å². The Morgan fingerprint density at radius 3 is 3.21 bits per heavy atom. The van der Waals surface area contributed by atoms with Crippen LogP contribution >= 0.6 is 0 Å². The van der Waals surface area contributed by atoms with Gasteiger partial charge in [-0.15, -0.1) is 0 Å². The lowest BCUT2D eigenvalue weighted by molar-refractivity contribution is 0.558. The van der Waals surface area contributed by atoms with Gasteiger partial charge in [0.25, 0.3) is 0 Å². The first-order valence-corrected chi connectivity index (χ1v) is 4.07. The van der Waals surface area contributed by atoms with E-state index >= 15 is 0 Å². The van der Waals surface area contributed by atoms with Gasteiger partial charge in [0.05, 0.1) is 11.6 Å². The Morgan fingerprint density at radius 1 is 1.36 bits per heavy atom. The molecule has 3 aromatic heterocycles. The summed E-state index contributed by atoms with van der Waals surface area (Å²) in [5.41, 5.74) is 1.67. The number of nitrogens with zero attached hydrogens (tertiary/aromatic N) is 2. The molecule has 0 aromatic carbocycles. The average Bonchev–Trinajstić information content (AvgIpc) is 2.59. The molecular weight excluding hydrogens is 182 g/mol. The van der Waals surface area contributed by atoms with Crippen LogP contribution in [-0.2, 0) is 0 Å². The summed E-state index contributed by atoms with van der Waals surface area (Å²) in [4.78, 5) is 21.6. The van der Waals surface area contributed by atoms with Crippen molar-refractivity contribution < 1.29 is 4.42 Å². The molecule has 0 saturated carbocycles. The number of oxazole rings is 1. The Labute approximate surface area is 77.4 Å². The van der Waals surface area contributed by atoms with Gasteiger partial charge in [0.2, 0.25) is 0 Å². The van der Waals surface area contributed by atoms with Gasteiger partial charge in [0.1, 0.15) is 5.52 Å². The molecule has 0 atom stereocenters. The highest BCUT2D eigenvalue weighted by molar-refractivity contribution is 5.98.